The molecule has 0 saturated heterocycles. The molecule has 9 heteroatoms. The van der Waals surface area contributed by atoms with Crippen molar-refractivity contribution >= 4 is 23.0 Å². The van der Waals surface area contributed by atoms with Crippen molar-refractivity contribution in [3.05, 3.63) is 72.6 Å². The molecule has 0 radical (unpaired) electrons. The van der Waals surface area contributed by atoms with E-state index in [2.05, 4.69) is 4.74 Å². The summed E-state index contributed by atoms with van der Waals surface area (Å²) in [6.07, 6.45) is 1.54. The zero-order valence-electron chi connectivity index (χ0n) is 17.3. The highest BCUT2D eigenvalue weighted by Crippen LogP contribution is 2.29. The van der Waals surface area contributed by atoms with Crippen LogP contribution in [0.1, 0.15) is 16.7 Å². The van der Waals surface area contributed by atoms with E-state index in [-0.39, 0.29) is 26.3 Å². The maximum absolute atomic E-state index is 13.4. The van der Waals surface area contributed by atoms with Crippen molar-refractivity contribution in [1.82, 2.24) is 4.57 Å². The Hall–Kier alpha value is -3.95. The van der Waals surface area contributed by atoms with E-state index >= 15 is 0 Å². The number of alkyl halides is 2. The van der Waals surface area contributed by atoms with Crippen molar-refractivity contribution in [2.24, 2.45) is 0 Å². The summed E-state index contributed by atoms with van der Waals surface area (Å²) in [4.78, 5) is 13.4. The zero-order valence-corrected chi connectivity index (χ0v) is 18.2. The Morgan fingerprint density at radius 1 is 1.12 bits per heavy atom. The Morgan fingerprint density at radius 3 is 2.34 bits per heavy atom. The van der Waals surface area contributed by atoms with E-state index in [4.69, 9.17) is 4.74 Å². The van der Waals surface area contributed by atoms with Crippen LogP contribution in [0.5, 0.6) is 11.5 Å². The molecule has 3 rings (SSSR count). The minimum atomic E-state index is -3.01. The van der Waals surface area contributed by atoms with Gasteiger partial charge in [-0.2, -0.15) is 19.3 Å². The zero-order chi connectivity index (χ0) is 23.4. The van der Waals surface area contributed by atoms with Gasteiger partial charge in [0.1, 0.15) is 16.8 Å². The maximum atomic E-state index is 13.4. The van der Waals surface area contributed by atoms with Gasteiger partial charge in [-0.1, -0.05) is 24.3 Å². The summed E-state index contributed by atoms with van der Waals surface area (Å²) < 4.78 is 36.5. The third kappa shape index (κ3) is 4.39. The van der Waals surface area contributed by atoms with Gasteiger partial charge in [-0.3, -0.25) is 9.36 Å². The van der Waals surface area contributed by atoms with Gasteiger partial charge in [0.2, 0.25) is 0 Å². The summed E-state index contributed by atoms with van der Waals surface area (Å²) in [7, 11) is 1.32. The van der Waals surface area contributed by atoms with Crippen molar-refractivity contribution in [2.75, 3.05) is 7.11 Å². The molecule has 0 atom stereocenters. The molecule has 6 nitrogen and oxygen atoms in total. The van der Waals surface area contributed by atoms with Gasteiger partial charge in [-0.15, -0.1) is 11.3 Å². The van der Waals surface area contributed by atoms with Gasteiger partial charge >= 0.3 is 6.61 Å². The molecule has 2 aromatic carbocycles. The average molecular weight is 453 g/mol. The van der Waals surface area contributed by atoms with E-state index in [1.54, 1.807) is 6.08 Å². The molecule has 0 aliphatic rings. The summed E-state index contributed by atoms with van der Waals surface area (Å²) in [5.41, 5.74) is 2.12. The number of rotatable bonds is 5. The van der Waals surface area contributed by atoms with E-state index in [1.807, 2.05) is 44.2 Å². The third-order valence-electron chi connectivity index (χ3n) is 4.63. The number of ether oxygens (including phenoxy) is 2. The van der Waals surface area contributed by atoms with E-state index in [9.17, 15) is 24.1 Å². The van der Waals surface area contributed by atoms with Crippen LogP contribution in [0.4, 0.5) is 8.78 Å². The first kappa shape index (κ1) is 22.7. The Balaban J connectivity index is 2.33. The number of hydrogen-bond donors (Lipinski definition) is 0. The third-order valence-corrected chi connectivity index (χ3v) is 5.72. The van der Waals surface area contributed by atoms with Crippen molar-refractivity contribution in [3.63, 3.8) is 0 Å². The second-order valence-electron chi connectivity index (χ2n) is 6.68. The molecular weight excluding hydrogens is 436 g/mol. The number of nitriles is 2. The molecule has 0 amide bonds. The SMILES string of the molecule is COc1cc(C=c2sc(=C(C#N)C#N)n(-c3c(C)cccc3C)c2=O)ccc1OC(F)F. The second-order valence-corrected chi connectivity index (χ2v) is 7.71. The Morgan fingerprint density at radius 2 is 1.78 bits per heavy atom. The molecular formula is C23H17F2N3O3S. The number of para-hydroxylation sites is 1. The topological polar surface area (TPSA) is 88.0 Å². The van der Waals surface area contributed by atoms with Crippen LogP contribution >= 0.6 is 11.3 Å². The Bertz CT molecular complexity index is 1410. The molecule has 0 N–H and O–H groups in total. The van der Waals surface area contributed by atoms with Crippen LogP contribution in [0.2, 0.25) is 0 Å². The number of nitrogens with zero attached hydrogens (tertiary/aromatic N) is 3. The van der Waals surface area contributed by atoms with Crippen LogP contribution in [0, 0.1) is 36.5 Å². The van der Waals surface area contributed by atoms with Crippen molar-refractivity contribution in [1.29, 1.82) is 10.5 Å². The summed E-state index contributed by atoms with van der Waals surface area (Å²) >= 11 is 1.000. The second kappa shape index (κ2) is 9.46. The van der Waals surface area contributed by atoms with Gasteiger partial charge in [0.15, 0.2) is 17.1 Å². The molecule has 32 heavy (non-hydrogen) atoms. The number of aromatic nitrogens is 1. The summed E-state index contributed by atoms with van der Waals surface area (Å²) in [6.45, 7) is 0.670. The van der Waals surface area contributed by atoms with Crippen LogP contribution in [-0.2, 0) is 0 Å². The first-order chi connectivity index (χ1) is 15.3. The lowest BCUT2D eigenvalue weighted by atomic mass is 10.1. The Labute approximate surface area is 186 Å². The van der Waals surface area contributed by atoms with Gasteiger partial charge in [0.05, 0.1) is 17.3 Å². The lowest BCUT2D eigenvalue weighted by molar-refractivity contribution is -0.0512. The van der Waals surface area contributed by atoms with Crippen molar-refractivity contribution in [3.8, 4) is 29.3 Å². The molecule has 162 valence electrons. The smallest absolute Gasteiger partial charge is 0.387 e. The highest BCUT2D eigenvalue weighted by atomic mass is 32.1. The fraction of sp³-hybridized carbons (Fsp3) is 0.174. The minimum absolute atomic E-state index is 0.0761. The lowest BCUT2D eigenvalue weighted by Gasteiger charge is -2.10. The minimum Gasteiger partial charge on any atom is -0.493 e. The van der Waals surface area contributed by atoms with Crippen LogP contribution in [0.3, 0.4) is 0 Å². The van der Waals surface area contributed by atoms with Crippen LogP contribution in [0.25, 0.3) is 17.3 Å². The first-order valence-electron chi connectivity index (χ1n) is 9.28. The van der Waals surface area contributed by atoms with E-state index < -0.39 is 12.2 Å². The first-order valence-corrected chi connectivity index (χ1v) is 10.1. The summed E-state index contributed by atoms with van der Waals surface area (Å²) in [5.74, 6) is -0.0590. The molecule has 1 aromatic heterocycles. The number of benzene rings is 2. The quantitative estimate of drug-likeness (QED) is 0.592. The Kier molecular flexibility index (Phi) is 6.72. The number of thiazole rings is 1. The molecule has 1 heterocycles. The lowest BCUT2D eigenvalue weighted by Crippen LogP contribution is -2.31. The molecule has 3 aromatic rings. The van der Waals surface area contributed by atoms with E-state index in [0.29, 0.717) is 11.3 Å². The molecule has 0 saturated carbocycles. The molecule has 0 unspecified atom stereocenters. The number of hydrogen-bond acceptors (Lipinski definition) is 6. The number of aryl methyl sites for hydroxylation is 2. The number of methoxy groups -OCH3 is 1. The van der Waals surface area contributed by atoms with Gasteiger partial charge in [0, 0.05) is 0 Å². The normalized spacial score (nSPS) is 11.2. The maximum Gasteiger partial charge on any atom is 0.387 e. The predicted octanol–water partition coefficient (Wildman–Crippen LogP) is 3.15. The van der Waals surface area contributed by atoms with Crippen LogP contribution in [0.15, 0.2) is 41.2 Å². The fourth-order valence-electron chi connectivity index (χ4n) is 3.25. The van der Waals surface area contributed by atoms with Gasteiger partial charge in [-0.05, 0) is 48.7 Å². The molecule has 0 aliphatic carbocycles. The largest absolute Gasteiger partial charge is 0.493 e. The molecule has 0 aliphatic heterocycles. The fourth-order valence-corrected chi connectivity index (χ4v) is 4.29. The summed E-state index contributed by atoms with van der Waals surface area (Å²) in [6, 6.07) is 13.5. The standard InChI is InChI=1S/C23H17F2N3O3S/c1-13-5-4-6-14(2)20(13)28-21(29)19(32-22(28)16(11-26)12-27)10-15-7-8-17(31-23(24)25)18(9-15)30-3/h4-10,23H,1-3H3. The highest BCUT2D eigenvalue weighted by molar-refractivity contribution is 7.07. The predicted molar refractivity (Wildman–Crippen MR) is 116 cm³/mol. The van der Waals surface area contributed by atoms with Crippen molar-refractivity contribution < 1.29 is 18.3 Å². The van der Waals surface area contributed by atoms with Gasteiger partial charge in [0.25, 0.3) is 5.56 Å². The van der Waals surface area contributed by atoms with Crippen LogP contribution < -0.4 is 24.2 Å². The molecule has 0 bridgehead atoms. The van der Waals surface area contributed by atoms with Gasteiger partial charge in [-0.25, -0.2) is 0 Å². The monoisotopic (exact) mass is 453 g/mol. The average Bonchev–Trinajstić information content (AvgIpc) is 3.05. The van der Waals surface area contributed by atoms with Gasteiger partial charge < -0.3 is 9.47 Å². The number of halogens is 2. The summed E-state index contributed by atoms with van der Waals surface area (Å²) in [5, 5.41) is 18.9. The molecule has 0 fully saturated rings. The molecule has 0 spiro atoms. The van der Waals surface area contributed by atoms with E-state index in [1.165, 1.54) is 29.9 Å². The van der Waals surface area contributed by atoms with E-state index in [0.717, 1.165) is 22.5 Å². The van der Waals surface area contributed by atoms with Crippen LogP contribution in [-0.4, -0.2) is 18.3 Å². The van der Waals surface area contributed by atoms with Crippen molar-refractivity contribution in [2.45, 2.75) is 20.5 Å². The highest BCUT2D eigenvalue weighted by Gasteiger charge is 2.15.